The van der Waals surface area contributed by atoms with Gasteiger partial charge in [0.15, 0.2) is 5.78 Å². The van der Waals surface area contributed by atoms with Gasteiger partial charge in [-0.2, -0.15) is 0 Å². The van der Waals surface area contributed by atoms with E-state index in [1.165, 1.54) is 0 Å². The number of hydrogen-bond donors (Lipinski definition) is 0. The van der Waals surface area contributed by atoms with Crippen LogP contribution in [0, 0.1) is 6.92 Å². The lowest BCUT2D eigenvalue weighted by Crippen LogP contribution is -2.41. The summed E-state index contributed by atoms with van der Waals surface area (Å²) in [6.45, 7) is 5.31. The molecule has 2 heterocycles. The molecule has 113 valence electrons. The van der Waals surface area contributed by atoms with Crippen LogP contribution in [0.15, 0.2) is 34.9 Å². The summed E-state index contributed by atoms with van der Waals surface area (Å²) in [7, 11) is 0. The summed E-state index contributed by atoms with van der Waals surface area (Å²) in [5.74, 6) is -0.149. The molecule has 1 unspecified atom stereocenters. The molecular weight excluding hydrogens is 302 g/mol. The monoisotopic (exact) mass is 316 g/mol. The number of rotatable bonds is 4. The van der Waals surface area contributed by atoms with Crippen molar-refractivity contribution in [3.8, 4) is 0 Å². The lowest BCUT2D eigenvalue weighted by atomic mass is 9.83. The molecule has 1 aliphatic rings. The Bertz CT molecular complexity index is 761. The van der Waals surface area contributed by atoms with Crippen LogP contribution in [-0.4, -0.2) is 34.1 Å². The first-order valence-electron chi connectivity index (χ1n) is 6.74. The fourth-order valence-electron chi connectivity index (χ4n) is 2.40. The van der Waals surface area contributed by atoms with Crippen molar-refractivity contribution in [2.24, 2.45) is 0 Å². The Kier molecular flexibility index (Phi) is 3.56. The van der Waals surface area contributed by atoms with E-state index in [2.05, 4.69) is 6.92 Å². The highest BCUT2D eigenvalue weighted by Gasteiger charge is 2.39. The number of carbonyl (C=O) groups is 3. The molecule has 1 fully saturated rings. The van der Waals surface area contributed by atoms with E-state index in [0.717, 1.165) is 27.4 Å². The summed E-state index contributed by atoms with van der Waals surface area (Å²) in [6.07, 6.45) is 1.57. The Labute approximate surface area is 131 Å². The number of ketones is 1. The van der Waals surface area contributed by atoms with E-state index in [-0.39, 0.29) is 24.0 Å². The van der Waals surface area contributed by atoms with E-state index in [4.69, 9.17) is 4.42 Å². The molecule has 1 atom stereocenters. The largest absolute Gasteiger partial charge is 0.467 e. The molecule has 22 heavy (non-hydrogen) atoms. The molecule has 0 N–H and O–H groups in total. The standard InChI is InChI=1S/C16H14NO4S/c1-16(2,12(18)7-17-13(19)9-22-15(17)20)14-11-6-4-3-5-10(11)8-21-14/h3-6,8H,1,7,9H2,2H3. The number of hydrogen-bond acceptors (Lipinski definition) is 5. The van der Waals surface area contributed by atoms with Gasteiger partial charge in [-0.15, -0.1) is 0 Å². The summed E-state index contributed by atoms with van der Waals surface area (Å²) in [5.41, 5.74) is -1.17. The van der Waals surface area contributed by atoms with E-state index in [1.54, 1.807) is 13.2 Å². The van der Waals surface area contributed by atoms with Crippen LogP contribution in [0.3, 0.4) is 0 Å². The summed E-state index contributed by atoms with van der Waals surface area (Å²) in [5, 5.41) is 1.30. The fraction of sp³-hybridized carbons (Fsp3) is 0.250. The van der Waals surface area contributed by atoms with E-state index < -0.39 is 10.7 Å². The number of carbonyl (C=O) groups excluding carboxylic acids is 3. The topological polar surface area (TPSA) is 67.6 Å². The molecule has 0 spiro atoms. The summed E-state index contributed by atoms with van der Waals surface area (Å²) >= 11 is 0.908. The van der Waals surface area contributed by atoms with Crippen LogP contribution >= 0.6 is 11.8 Å². The van der Waals surface area contributed by atoms with E-state index >= 15 is 0 Å². The second-order valence-electron chi connectivity index (χ2n) is 5.44. The molecule has 1 aromatic carbocycles. The van der Waals surface area contributed by atoms with Crippen LogP contribution < -0.4 is 0 Å². The van der Waals surface area contributed by atoms with Crippen LogP contribution in [0.1, 0.15) is 12.7 Å². The first kappa shape index (κ1) is 14.8. The van der Waals surface area contributed by atoms with E-state index in [9.17, 15) is 14.4 Å². The number of Topliss-reactive ketones (excluding diaryl/α,β-unsaturated/α-hetero) is 1. The predicted octanol–water partition coefficient (Wildman–Crippen LogP) is 2.79. The third-order valence-corrected chi connectivity index (χ3v) is 4.63. The SMILES string of the molecule is [CH2]C(C)(C(=O)CN1C(=O)CSC1=O)c1occ2ccccc12. The van der Waals surface area contributed by atoms with Gasteiger partial charge in [0, 0.05) is 10.8 Å². The minimum absolute atomic E-state index is 0.0870. The average Bonchev–Trinajstić information content (AvgIpc) is 3.06. The van der Waals surface area contributed by atoms with Crippen LogP contribution in [0.25, 0.3) is 10.8 Å². The van der Waals surface area contributed by atoms with Crippen molar-refractivity contribution in [1.29, 1.82) is 0 Å². The van der Waals surface area contributed by atoms with Crippen LogP contribution in [0.2, 0.25) is 0 Å². The average molecular weight is 316 g/mol. The molecule has 0 saturated carbocycles. The summed E-state index contributed by atoms with van der Waals surface area (Å²) < 4.78 is 5.54. The lowest BCUT2D eigenvalue weighted by Gasteiger charge is -2.23. The Hall–Kier alpha value is -2.08. The van der Waals surface area contributed by atoms with Crippen molar-refractivity contribution in [3.05, 3.63) is 43.2 Å². The van der Waals surface area contributed by atoms with Gasteiger partial charge < -0.3 is 4.42 Å². The van der Waals surface area contributed by atoms with Gasteiger partial charge in [-0.3, -0.25) is 19.3 Å². The zero-order valence-electron chi connectivity index (χ0n) is 12.0. The Morgan fingerprint density at radius 2 is 2.14 bits per heavy atom. The summed E-state index contributed by atoms with van der Waals surface area (Å²) in [6, 6.07) is 7.47. The van der Waals surface area contributed by atoms with Gasteiger partial charge >= 0.3 is 0 Å². The highest BCUT2D eigenvalue weighted by molar-refractivity contribution is 8.14. The molecule has 0 bridgehead atoms. The Morgan fingerprint density at radius 1 is 1.41 bits per heavy atom. The molecule has 2 amide bonds. The van der Waals surface area contributed by atoms with Gasteiger partial charge in [0.25, 0.3) is 5.24 Å². The quantitative estimate of drug-likeness (QED) is 0.867. The number of furan rings is 1. The molecule has 6 heteroatoms. The van der Waals surface area contributed by atoms with Crippen LogP contribution in [-0.2, 0) is 15.0 Å². The summed E-state index contributed by atoms with van der Waals surface area (Å²) in [4.78, 5) is 36.8. The molecule has 1 radical (unpaired) electrons. The number of fused-ring (bicyclic) bond motifs is 1. The normalized spacial score (nSPS) is 15.8. The molecule has 5 nitrogen and oxygen atoms in total. The maximum Gasteiger partial charge on any atom is 0.289 e. The van der Waals surface area contributed by atoms with E-state index in [0.29, 0.717) is 5.76 Å². The number of imide groups is 1. The number of amides is 2. The molecule has 2 aromatic rings. The first-order valence-corrected chi connectivity index (χ1v) is 7.72. The van der Waals surface area contributed by atoms with Crippen molar-refractivity contribution >= 4 is 39.5 Å². The van der Waals surface area contributed by atoms with Crippen LogP contribution in [0.4, 0.5) is 4.79 Å². The minimum Gasteiger partial charge on any atom is -0.467 e. The highest BCUT2D eigenvalue weighted by atomic mass is 32.2. The van der Waals surface area contributed by atoms with Gasteiger partial charge in [0.05, 0.1) is 24.0 Å². The zero-order chi connectivity index (χ0) is 15.9. The van der Waals surface area contributed by atoms with Gasteiger partial charge in [-0.1, -0.05) is 36.0 Å². The van der Waals surface area contributed by atoms with Crippen molar-refractivity contribution in [2.75, 3.05) is 12.3 Å². The van der Waals surface area contributed by atoms with Crippen molar-refractivity contribution in [2.45, 2.75) is 12.3 Å². The smallest absolute Gasteiger partial charge is 0.289 e. The number of benzene rings is 1. The number of thioether (sulfide) groups is 1. The lowest BCUT2D eigenvalue weighted by molar-refractivity contribution is -0.131. The maximum absolute atomic E-state index is 12.6. The second-order valence-corrected chi connectivity index (χ2v) is 6.37. The first-order chi connectivity index (χ1) is 10.4. The third-order valence-electron chi connectivity index (χ3n) is 3.77. The second kappa shape index (κ2) is 5.28. The zero-order valence-corrected chi connectivity index (χ0v) is 12.8. The highest BCUT2D eigenvalue weighted by Crippen LogP contribution is 2.33. The van der Waals surface area contributed by atoms with Gasteiger partial charge in [0.2, 0.25) is 5.91 Å². The van der Waals surface area contributed by atoms with Crippen molar-refractivity contribution in [1.82, 2.24) is 4.90 Å². The maximum atomic E-state index is 12.6. The molecule has 1 aliphatic heterocycles. The Balaban J connectivity index is 1.90. The Morgan fingerprint density at radius 3 is 2.82 bits per heavy atom. The van der Waals surface area contributed by atoms with Crippen molar-refractivity contribution in [3.63, 3.8) is 0 Å². The van der Waals surface area contributed by atoms with Gasteiger partial charge in [-0.05, 0) is 13.8 Å². The fourth-order valence-corrected chi connectivity index (χ4v) is 3.12. The van der Waals surface area contributed by atoms with E-state index in [1.807, 2.05) is 24.3 Å². The predicted molar refractivity (Wildman–Crippen MR) is 83.5 cm³/mol. The molecule has 1 saturated heterocycles. The van der Waals surface area contributed by atoms with Gasteiger partial charge in [0.1, 0.15) is 5.76 Å². The third kappa shape index (κ3) is 2.33. The molecule has 3 rings (SSSR count). The minimum atomic E-state index is -1.17. The molecule has 1 aromatic heterocycles. The number of nitrogens with zero attached hydrogens (tertiary/aromatic N) is 1. The van der Waals surface area contributed by atoms with Crippen molar-refractivity contribution < 1.29 is 18.8 Å². The molecular formula is C16H14NO4S. The van der Waals surface area contributed by atoms with Crippen LogP contribution in [0.5, 0.6) is 0 Å². The van der Waals surface area contributed by atoms with Gasteiger partial charge in [-0.25, -0.2) is 0 Å². The molecule has 0 aliphatic carbocycles.